The third-order valence-corrected chi connectivity index (χ3v) is 5.04. The number of thioether (sulfide) groups is 1. The molecule has 26 heavy (non-hydrogen) atoms. The number of nitrogens with one attached hydrogen (secondary N) is 2. The van der Waals surface area contributed by atoms with Gasteiger partial charge in [0.15, 0.2) is 5.11 Å². The number of halogens is 1. The first-order valence-electron chi connectivity index (χ1n) is 8.14. The molecule has 2 N–H and O–H groups in total. The van der Waals surface area contributed by atoms with Crippen molar-refractivity contribution < 1.29 is 4.79 Å². The van der Waals surface area contributed by atoms with Crippen molar-refractivity contribution in [3.8, 4) is 0 Å². The largest absolute Gasteiger partial charge is 0.362 e. The predicted molar refractivity (Wildman–Crippen MR) is 116 cm³/mol. The molecule has 0 saturated carbocycles. The molecule has 0 saturated heterocycles. The van der Waals surface area contributed by atoms with E-state index in [0.717, 1.165) is 28.8 Å². The Morgan fingerprint density at radius 2 is 1.77 bits per heavy atom. The molecule has 0 aliphatic carbocycles. The van der Waals surface area contributed by atoms with Gasteiger partial charge in [-0.1, -0.05) is 23.7 Å². The highest BCUT2D eigenvalue weighted by Gasteiger charge is 2.07. The molecule has 0 aliphatic rings. The molecular weight excluding hydrogens is 386 g/mol. The fourth-order valence-electron chi connectivity index (χ4n) is 2.14. The van der Waals surface area contributed by atoms with Gasteiger partial charge in [-0.3, -0.25) is 4.79 Å². The van der Waals surface area contributed by atoms with Crippen LogP contribution in [0.2, 0.25) is 5.02 Å². The van der Waals surface area contributed by atoms with Crippen LogP contribution < -0.4 is 10.6 Å². The minimum atomic E-state index is -0.0186. The molecule has 0 radical (unpaired) electrons. The molecule has 0 atom stereocenters. The lowest BCUT2D eigenvalue weighted by atomic mass is 10.2. The molecule has 0 fully saturated rings. The number of anilines is 1. The smallest absolute Gasteiger partial charge is 0.253 e. The predicted octanol–water partition coefficient (Wildman–Crippen LogP) is 4.26. The zero-order valence-corrected chi connectivity index (χ0v) is 17.2. The van der Waals surface area contributed by atoms with E-state index in [4.69, 9.17) is 23.8 Å². The fourth-order valence-corrected chi connectivity index (χ4v) is 3.30. The summed E-state index contributed by atoms with van der Waals surface area (Å²) in [4.78, 5) is 13.4. The molecule has 138 valence electrons. The van der Waals surface area contributed by atoms with Gasteiger partial charge in [-0.25, -0.2) is 0 Å². The van der Waals surface area contributed by atoms with E-state index in [2.05, 4.69) is 10.6 Å². The normalized spacial score (nSPS) is 10.3. The van der Waals surface area contributed by atoms with Crippen molar-refractivity contribution in [1.82, 2.24) is 10.2 Å². The highest BCUT2D eigenvalue weighted by Crippen LogP contribution is 2.15. The zero-order chi connectivity index (χ0) is 18.9. The van der Waals surface area contributed by atoms with Crippen molar-refractivity contribution >= 4 is 52.3 Å². The van der Waals surface area contributed by atoms with Crippen molar-refractivity contribution in [3.05, 3.63) is 64.7 Å². The summed E-state index contributed by atoms with van der Waals surface area (Å²) in [5.41, 5.74) is 2.76. The average molecular weight is 408 g/mol. The molecule has 2 aromatic carbocycles. The number of carbonyl (C=O) groups excluding carboxylic acids is 1. The van der Waals surface area contributed by atoms with Gasteiger partial charge in [0.25, 0.3) is 5.91 Å². The maximum atomic E-state index is 11.9. The van der Waals surface area contributed by atoms with E-state index in [1.807, 2.05) is 48.2 Å². The fraction of sp³-hybridized carbons (Fsp3) is 0.263. The highest BCUT2D eigenvalue weighted by atomic mass is 35.5. The summed E-state index contributed by atoms with van der Waals surface area (Å²) in [6.45, 7) is 0.779. The van der Waals surface area contributed by atoms with Gasteiger partial charge in [0, 0.05) is 48.4 Å². The summed E-state index contributed by atoms with van der Waals surface area (Å²) in [5, 5.41) is 7.64. The van der Waals surface area contributed by atoms with Crippen LogP contribution >= 0.6 is 35.6 Å². The molecule has 4 nitrogen and oxygen atoms in total. The molecule has 2 rings (SSSR count). The minimum Gasteiger partial charge on any atom is -0.362 e. The van der Waals surface area contributed by atoms with Crippen molar-refractivity contribution in [2.75, 3.05) is 31.7 Å². The second-order valence-electron chi connectivity index (χ2n) is 5.84. The zero-order valence-electron chi connectivity index (χ0n) is 14.8. The van der Waals surface area contributed by atoms with Crippen LogP contribution in [-0.4, -0.2) is 42.3 Å². The van der Waals surface area contributed by atoms with Crippen LogP contribution in [0.4, 0.5) is 5.69 Å². The Balaban J connectivity index is 1.67. The van der Waals surface area contributed by atoms with Crippen molar-refractivity contribution in [2.24, 2.45) is 0 Å². The lowest BCUT2D eigenvalue weighted by molar-refractivity contribution is 0.0827. The summed E-state index contributed by atoms with van der Waals surface area (Å²) < 4.78 is 0. The Labute approximate surface area is 169 Å². The van der Waals surface area contributed by atoms with Crippen LogP contribution in [0.3, 0.4) is 0 Å². The Kier molecular flexibility index (Phi) is 8.22. The molecule has 2 aromatic rings. The van der Waals surface area contributed by atoms with Gasteiger partial charge < -0.3 is 15.5 Å². The standard InChI is InChI=1S/C19H22ClN3OS2/c1-23(2)18(24)15-5-9-17(10-6-15)22-19(25)21-11-12-26-13-14-3-7-16(20)8-4-14/h3-10H,11-13H2,1-2H3,(H2,21,22,25). The average Bonchev–Trinajstić information content (AvgIpc) is 2.63. The van der Waals surface area contributed by atoms with Crippen LogP contribution in [0.1, 0.15) is 15.9 Å². The second-order valence-corrected chi connectivity index (χ2v) is 7.79. The lowest BCUT2D eigenvalue weighted by Gasteiger charge is -2.12. The third kappa shape index (κ3) is 6.86. The molecule has 0 spiro atoms. The topological polar surface area (TPSA) is 44.4 Å². The maximum Gasteiger partial charge on any atom is 0.253 e. The van der Waals surface area contributed by atoms with Gasteiger partial charge in [-0.05, 0) is 54.2 Å². The highest BCUT2D eigenvalue weighted by molar-refractivity contribution is 7.98. The van der Waals surface area contributed by atoms with Gasteiger partial charge >= 0.3 is 0 Å². The van der Waals surface area contributed by atoms with Crippen LogP contribution in [0.15, 0.2) is 48.5 Å². The second kappa shape index (κ2) is 10.4. The summed E-state index contributed by atoms with van der Waals surface area (Å²) in [5.74, 6) is 1.87. The first kappa shape index (κ1) is 20.6. The van der Waals surface area contributed by atoms with Crippen molar-refractivity contribution in [3.63, 3.8) is 0 Å². The Hall–Kier alpha value is -1.76. The van der Waals surface area contributed by atoms with Gasteiger partial charge in [-0.2, -0.15) is 11.8 Å². The summed E-state index contributed by atoms with van der Waals surface area (Å²) >= 11 is 13.0. The molecule has 0 heterocycles. The number of nitrogens with zero attached hydrogens (tertiary/aromatic N) is 1. The summed E-state index contributed by atoms with van der Waals surface area (Å²) in [7, 11) is 3.47. The van der Waals surface area contributed by atoms with E-state index in [0.29, 0.717) is 10.7 Å². The van der Waals surface area contributed by atoms with Crippen molar-refractivity contribution in [1.29, 1.82) is 0 Å². The minimum absolute atomic E-state index is 0.0186. The van der Waals surface area contributed by atoms with E-state index < -0.39 is 0 Å². The number of thiocarbonyl (C=S) groups is 1. The molecular formula is C19H22ClN3OS2. The van der Waals surface area contributed by atoms with Crippen LogP contribution in [0.5, 0.6) is 0 Å². The quantitative estimate of drug-likeness (QED) is 0.530. The number of benzene rings is 2. The first-order chi connectivity index (χ1) is 12.5. The van der Waals surface area contributed by atoms with Crippen LogP contribution in [-0.2, 0) is 5.75 Å². The summed E-state index contributed by atoms with van der Waals surface area (Å²) in [6.07, 6.45) is 0. The van der Waals surface area contributed by atoms with Crippen LogP contribution in [0.25, 0.3) is 0 Å². The molecule has 0 aromatic heterocycles. The lowest BCUT2D eigenvalue weighted by Crippen LogP contribution is -2.30. The first-order valence-corrected chi connectivity index (χ1v) is 10.1. The van der Waals surface area contributed by atoms with Crippen molar-refractivity contribution in [2.45, 2.75) is 5.75 Å². The number of hydrogen-bond acceptors (Lipinski definition) is 3. The number of carbonyl (C=O) groups is 1. The SMILES string of the molecule is CN(C)C(=O)c1ccc(NC(=S)NCCSCc2ccc(Cl)cc2)cc1. The van der Waals surface area contributed by atoms with Gasteiger partial charge in [0.05, 0.1) is 0 Å². The van der Waals surface area contributed by atoms with E-state index in [-0.39, 0.29) is 5.91 Å². The number of amides is 1. The third-order valence-electron chi connectivity index (χ3n) is 3.51. The molecule has 7 heteroatoms. The number of rotatable bonds is 7. The van der Waals surface area contributed by atoms with Crippen LogP contribution in [0, 0.1) is 0 Å². The maximum absolute atomic E-state index is 11.9. The Morgan fingerprint density at radius 3 is 2.38 bits per heavy atom. The number of hydrogen-bond donors (Lipinski definition) is 2. The molecule has 1 amide bonds. The Morgan fingerprint density at radius 1 is 1.12 bits per heavy atom. The van der Waals surface area contributed by atoms with E-state index in [1.165, 1.54) is 5.56 Å². The van der Waals surface area contributed by atoms with E-state index >= 15 is 0 Å². The molecule has 0 bridgehead atoms. The Bertz CT molecular complexity index is 733. The van der Waals surface area contributed by atoms with Gasteiger partial charge in [0.1, 0.15) is 0 Å². The summed E-state index contributed by atoms with van der Waals surface area (Å²) in [6, 6.07) is 15.2. The van der Waals surface area contributed by atoms with Gasteiger partial charge in [0.2, 0.25) is 0 Å². The molecule has 0 aliphatic heterocycles. The van der Waals surface area contributed by atoms with E-state index in [1.54, 1.807) is 31.1 Å². The molecule has 0 unspecified atom stereocenters. The van der Waals surface area contributed by atoms with Gasteiger partial charge in [-0.15, -0.1) is 0 Å². The van der Waals surface area contributed by atoms with E-state index in [9.17, 15) is 4.79 Å². The monoisotopic (exact) mass is 407 g/mol.